The van der Waals surface area contributed by atoms with Crippen LogP contribution in [-0.2, 0) is 4.79 Å². The molecule has 0 aromatic heterocycles. The fraction of sp³-hybridized carbons (Fsp3) is 0.176. The van der Waals surface area contributed by atoms with Crippen molar-refractivity contribution >= 4 is 17.6 Å². The number of hydrogen-bond acceptors (Lipinski definition) is 3. The van der Waals surface area contributed by atoms with Crippen molar-refractivity contribution < 1.29 is 14.3 Å². The van der Waals surface area contributed by atoms with Gasteiger partial charge in [0.1, 0.15) is 5.75 Å². The molecule has 4 N–H and O–H groups in total. The molecule has 1 aliphatic heterocycles. The monoisotopic (exact) mass is 311 g/mol. The summed E-state index contributed by atoms with van der Waals surface area (Å²) in [5, 5.41) is 5.52. The number of amides is 3. The van der Waals surface area contributed by atoms with Gasteiger partial charge in [0.15, 0.2) is 0 Å². The number of hydrogen-bond donors (Lipinski definition) is 3. The quantitative estimate of drug-likeness (QED) is 0.807. The van der Waals surface area contributed by atoms with Crippen molar-refractivity contribution in [3.05, 3.63) is 59.7 Å². The Morgan fingerprint density at radius 1 is 1.22 bits per heavy atom. The van der Waals surface area contributed by atoms with E-state index < -0.39 is 18.0 Å². The van der Waals surface area contributed by atoms with Crippen LogP contribution in [0.1, 0.15) is 23.1 Å². The Balaban J connectivity index is 2.02. The maximum Gasteiger partial charge on any atom is 0.312 e. The van der Waals surface area contributed by atoms with Crippen LogP contribution in [0.2, 0.25) is 0 Å². The second-order valence-electron chi connectivity index (χ2n) is 5.31. The normalized spacial score (nSPS) is 17.1. The van der Waals surface area contributed by atoms with Crippen LogP contribution in [0.25, 0.3) is 0 Å². The molecular weight excluding hydrogens is 294 g/mol. The van der Waals surface area contributed by atoms with Crippen molar-refractivity contribution in [3.8, 4) is 5.75 Å². The zero-order valence-electron chi connectivity index (χ0n) is 12.6. The number of urea groups is 1. The SMILES string of the molecule is COc1ccc(C(NC(N)=O)C2C(=O)Nc3ccccc32)cc1. The molecule has 23 heavy (non-hydrogen) atoms. The fourth-order valence-electron chi connectivity index (χ4n) is 2.89. The summed E-state index contributed by atoms with van der Waals surface area (Å²) in [7, 11) is 1.58. The highest BCUT2D eigenvalue weighted by Crippen LogP contribution is 2.40. The second kappa shape index (κ2) is 6.00. The van der Waals surface area contributed by atoms with E-state index in [1.165, 1.54) is 0 Å². The van der Waals surface area contributed by atoms with Crippen LogP contribution in [0.4, 0.5) is 10.5 Å². The minimum atomic E-state index is -0.678. The first-order chi connectivity index (χ1) is 11.1. The van der Waals surface area contributed by atoms with E-state index in [1.807, 2.05) is 36.4 Å². The van der Waals surface area contributed by atoms with Gasteiger partial charge in [-0.3, -0.25) is 4.79 Å². The number of benzene rings is 2. The van der Waals surface area contributed by atoms with Crippen molar-refractivity contribution in [1.82, 2.24) is 5.32 Å². The van der Waals surface area contributed by atoms with E-state index in [2.05, 4.69) is 10.6 Å². The number of rotatable bonds is 4. The number of fused-ring (bicyclic) bond motifs is 1. The standard InChI is InChI=1S/C17H17N3O3/c1-23-11-8-6-10(7-9-11)15(20-17(18)22)14-12-4-2-3-5-13(12)19-16(14)21/h2-9,14-15H,1H3,(H,19,21)(H3,18,20,22). The molecule has 3 amide bonds. The number of carbonyl (C=O) groups is 2. The van der Waals surface area contributed by atoms with Crippen LogP contribution in [0.15, 0.2) is 48.5 Å². The molecule has 2 unspecified atom stereocenters. The van der Waals surface area contributed by atoms with Gasteiger partial charge < -0.3 is 21.1 Å². The van der Waals surface area contributed by atoms with E-state index in [4.69, 9.17) is 10.5 Å². The predicted molar refractivity (Wildman–Crippen MR) is 86.3 cm³/mol. The minimum Gasteiger partial charge on any atom is -0.497 e. The van der Waals surface area contributed by atoms with Crippen molar-refractivity contribution in [2.24, 2.45) is 5.73 Å². The third kappa shape index (κ3) is 2.83. The number of para-hydroxylation sites is 1. The molecule has 1 aliphatic rings. The maximum atomic E-state index is 12.4. The Kier molecular flexibility index (Phi) is 3.89. The summed E-state index contributed by atoms with van der Waals surface area (Å²) in [5.74, 6) is -0.00397. The number of nitrogens with two attached hydrogens (primary N) is 1. The summed E-state index contributed by atoms with van der Waals surface area (Å²) in [6.07, 6.45) is 0. The number of anilines is 1. The lowest BCUT2D eigenvalue weighted by molar-refractivity contribution is -0.117. The Bertz CT molecular complexity index is 743. The lowest BCUT2D eigenvalue weighted by atomic mass is 9.88. The van der Waals surface area contributed by atoms with Gasteiger partial charge in [0.25, 0.3) is 0 Å². The van der Waals surface area contributed by atoms with Crippen LogP contribution in [0.3, 0.4) is 0 Å². The number of primary amides is 1. The van der Waals surface area contributed by atoms with Crippen LogP contribution in [0.5, 0.6) is 5.75 Å². The second-order valence-corrected chi connectivity index (χ2v) is 5.31. The molecule has 0 saturated heterocycles. The zero-order chi connectivity index (χ0) is 16.4. The predicted octanol–water partition coefficient (Wildman–Crippen LogP) is 2.14. The Labute approximate surface area is 133 Å². The highest BCUT2D eigenvalue weighted by molar-refractivity contribution is 6.03. The smallest absolute Gasteiger partial charge is 0.312 e. The fourth-order valence-corrected chi connectivity index (χ4v) is 2.89. The Morgan fingerprint density at radius 2 is 1.91 bits per heavy atom. The number of carbonyl (C=O) groups excluding carboxylic acids is 2. The first kappa shape index (κ1) is 14.9. The Morgan fingerprint density at radius 3 is 2.57 bits per heavy atom. The van der Waals surface area contributed by atoms with E-state index in [1.54, 1.807) is 19.2 Å². The summed E-state index contributed by atoms with van der Waals surface area (Å²) in [6.45, 7) is 0. The van der Waals surface area contributed by atoms with Crippen LogP contribution in [-0.4, -0.2) is 19.0 Å². The van der Waals surface area contributed by atoms with Gasteiger partial charge in [-0.05, 0) is 29.3 Å². The molecule has 0 radical (unpaired) electrons. The molecule has 2 atom stereocenters. The van der Waals surface area contributed by atoms with Gasteiger partial charge in [0.2, 0.25) is 5.91 Å². The molecule has 6 heteroatoms. The first-order valence-electron chi connectivity index (χ1n) is 7.20. The van der Waals surface area contributed by atoms with Gasteiger partial charge in [-0.25, -0.2) is 4.79 Å². The van der Waals surface area contributed by atoms with Crippen molar-refractivity contribution in [1.29, 1.82) is 0 Å². The number of methoxy groups -OCH3 is 1. The molecule has 1 heterocycles. The molecule has 2 aromatic rings. The van der Waals surface area contributed by atoms with Crippen molar-refractivity contribution in [3.63, 3.8) is 0 Å². The molecule has 118 valence electrons. The molecule has 0 spiro atoms. The van der Waals surface area contributed by atoms with Gasteiger partial charge in [-0.2, -0.15) is 0 Å². The largest absolute Gasteiger partial charge is 0.497 e. The van der Waals surface area contributed by atoms with E-state index >= 15 is 0 Å². The van der Waals surface area contributed by atoms with Crippen molar-refractivity contribution in [2.75, 3.05) is 12.4 Å². The van der Waals surface area contributed by atoms with Gasteiger partial charge in [0.05, 0.1) is 19.1 Å². The van der Waals surface area contributed by atoms with Gasteiger partial charge >= 0.3 is 6.03 Å². The molecule has 2 aromatic carbocycles. The average molecular weight is 311 g/mol. The average Bonchev–Trinajstić information content (AvgIpc) is 2.88. The van der Waals surface area contributed by atoms with E-state index in [0.29, 0.717) is 5.75 Å². The zero-order valence-corrected chi connectivity index (χ0v) is 12.6. The lowest BCUT2D eigenvalue weighted by Crippen LogP contribution is -2.38. The minimum absolute atomic E-state index is 0.166. The highest BCUT2D eigenvalue weighted by Gasteiger charge is 2.38. The third-order valence-corrected chi connectivity index (χ3v) is 3.94. The molecular formula is C17H17N3O3. The van der Waals surface area contributed by atoms with Crippen LogP contribution >= 0.6 is 0 Å². The molecule has 0 aliphatic carbocycles. The first-order valence-corrected chi connectivity index (χ1v) is 7.20. The highest BCUT2D eigenvalue weighted by atomic mass is 16.5. The summed E-state index contributed by atoms with van der Waals surface area (Å²) in [6, 6.07) is 13.4. The molecule has 0 saturated carbocycles. The number of nitrogens with one attached hydrogen (secondary N) is 2. The molecule has 6 nitrogen and oxygen atoms in total. The van der Waals surface area contributed by atoms with Gasteiger partial charge in [-0.15, -0.1) is 0 Å². The molecule has 0 bridgehead atoms. The van der Waals surface area contributed by atoms with E-state index in [9.17, 15) is 9.59 Å². The van der Waals surface area contributed by atoms with Crippen LogP contribution in [0, 0.1) is 0 Å². The van der Waals surface area contributed by atoms with Crippen molar-refractivity contribution in [2.45, 2.75) is 12.0 Å². The van der Waals surface area contributed by atoms with E-state index in [0.717, 1.165) is 16.8 Å². The van der Waals surface area contributed by atoms with Gasteiger partial charge in [-0.1, -0.05) is 30.3 Å². The summed E-state index contributed by atoms with van der Waals surface area (Å²) < 4.78 is 5.14. The Hall–Kier alpha value is -3.02. The van der Waals surface area contributed by atoms with Gasteiger partial charge in [0, 0.05) is 5.69 Å². The lowest BCUT2D eigenvalue weighted by Gasteiger charge is -2.23. The number of ether oxygens (including phenoxy) is 1. The summed E-state index contributed by atoms with van der Waals surface area (Å²) in [5.41, 5.74) is 7.69. The molecule has 0 fully saturated rings. The summed E-state index contributed by atoms with van der Waals surface area (Å²) in [4.78, 5) is 23.9. The third-order valence-electron chi connectivity index (χ3n) is 3.94. The topological polar surface area (TPSA) is 93.4 Å². The maximum absolute atomic E-state index is 12.4. The van der Waals surface area contributed by atoms with Crippen LogP contribution < -0.4 is 21.1 Å². The molecule has 3 rings (SSSR count). The summed E-state index contributed by atoms with van der Waals surface area (Å²) >= 11 is 0. The van der Waals surface area contributed by atoms with E-state index in [-0.39, 0.29) is 5.91 Å².